The number of hydrogen-bond donors (Lipinski definition) is 3. The Bertz CT molecular complexity index is 1370. The molecule has 6 bridgehead atoms. The van der Waals surface area contributed by atoms with Gasteiger partial charge in [0.05, 0.1) is 12.8 Å². The van der Waals surface area contributed by atoms with Gasteiger partial charge in [-0.3, -0.25) is 0 Å². The minimum absolute atomic E-state index is 0.426. The average Bonchev–Trinajstić information content (AvgIpc) is 2.91. The molecule has 0 unspecified atom stereocenters. The predicted octanol–water partition coefficient (Wildman–Crippen LogP) is 4.42. The lowest BCUT2D eigenvalue weighted by Crippen LogP contribution is -2.44. The molecule has 0 radical (unpaired) electrons. The molecule has 4 heterocycles. The number of hydrogen-bond acceptors (Lipinski definition) is 9. The maximum absolute atomic E-state index is 6.37. The maximum atomic E-state index is 6.37. The van der Waals surface area contributed by atoms with E-state index in [-0.39, 0.29) is 0 Å². The van der Waals surface area contributed by atoms with Gasteiger partial charge in [-0.05, 0) is 35.4 Å². The number of aromatic nitrogens is 4. The van der Waals surface area contributed by atoms with Crippen LogP contribution in [0.5, 0.6) is 5.75 Å². The minimum atomic E-state index is 0.426. The second-order valence-corrected chi connectivity index (χ2v) is 9.10. The van der Waals surface area contributed by atoms with Crippen molar-refractivity contribution in [2.24, 2.45) is 0 Å². The Hall–Kier alpha value is -3.95. The van der Waals surface area contributed by atoms with E-state index in [1.807, 2.05) is 42.7 Å². The Kier molecular flexibility index (Phi) is 6.23. The van der Waals surface area contributed by atoms with Crippen LogP contribution in [-0.4, -0.2) is 52.7 Å². The molecule has 2 aromatic carbocycles. The lowest BCUT2D eigenvalue weighted by atomic mass is 10.0. The summed E-state index contributed by atoms with van der Waals surface area (Å²) in [5.74, 6) is 2.49. The van der Waals surface area contributed by atoms with Gasteiger partial charge in [0.1, 0.15) is 10.8 Å². The van der Waals surface area contributed by atoms with Crippen LogP contribution in [0.1, 0.15) is 5.56 Å². The summed E-state index contributed by atoms with van der Waals surface area (Å²) < 4.78 is 6.04. The minimum Gasteiger partial charge on any atom is -0.493 e. The summed E-state index contributed by atoms with van der Waals surface area (Å²) in [5.41, 5.74) is 4.75. The molecule has 2 aliphatic rings. The van der Waals surface area contributed by atoms with Crippen LogP contribution in [0, 0.1) is 0 Å². The van der Waals surface area contributed by atoms with E-state index >= 15 is 0 Å². The van der Waals surface area contributed by atoms with Crippen molar-refractivity contribution in [2.75, 3.05) is 48.3 Å². The zero-order valence-electron chi connectivity index (χ0n) is 19.5. The fourth-order valence-corrected chi connectivity index (χ4v) is 4.44. The van der Waals surface area contributed by atoms with Gasteiger partial charge in [-0.25, -0.2) is 15.0 Å². The topological polar surface area (TPSA) is 100 Å². The molecule has 9 nitrogen and oxygen atoms in total. The molecule has 1 saturated heterocycles. The quantitative estimate of drug-likeness (QED) is 0.369. The summed E-state index contributed by atoms with van der Waals surface area (Å²) in [6, 6.07) is 14.0. The highest BCUT2D eigenvalue weighted by Crippen LogP contribution is 2.30. The number of anilines is 5. The third-order valence-corrected chi connectivity index (χ3v) is 6.40. The van der Waals surface area contributed by atoms with E-state index < -0.39 is 0 Å². The molecule has 4 aromatic rings. The first-order valence-corrected chi connectivity index (χ1v) is 12.3. The van der Waals surface area contributed by atoms with Crippen molar-refractivity contribution < 1.29 is 4.74 Å². The third kappa shape index (κ3) is 5.02. The van der Waals surface area contributed by atoms with Gasteiger partial charge in [0, 0.05) is 68.0 Å². The summed E-state index contributed by atoms with van der Waals surface area (Å²) in [5, 5.41) is 10.4. The molecule has 2 aliphatic heterocycles. The highest BCUT2D eigenvalue weighted by atomic mass is 35.5. The van der Waals surface area contributed by atoms with Crippen LogP contribution in [0.2, 0.25) is 5.02 Å². The van der Waals surface area contributed by atoms with Crippen molar-refractivity contribution in [1.29, 1.82) is 0 Å². The molecule has 0 spiro atoms. The summed E-state index contributed by atoms with van der Waals surface area (Å²) >= 11 is 6.37. The largest absolute Gasteiger partial charge is 0.493 e. The number of nitrogens with zero attached hydrogens (tertiary/aromatic N) is 5. The SMILES string of the molecule is Clc1cnc2nc1Nc1cccc(c1)OCCc1cc(cc(-c3cnc(N4CCNCC4)nc3)c1)N2. The summed E-state index contributed by atoms with van der Waals surface area (Å²) in [4.78, 5) is 20.5. The molecule has 0 aliphatic carbocycles. The van der Waals surface area contributed by atoms with E-state index in [2.05, 4.69) is 52.9 Å². The van der Waals surface area contributed by atoms with E-state index in [0.717, 1.165) is 72.4 Å². The fraction of sp³-hybridized carbons (Fsp3) is 0.231. The van der Waals surface area contributed by atoms with E-state index in [1.165, 1.54) is 0 Å². The van der Waals surface area contributed by atoms with E-state index in [0.29, 0.717) is 23.4 Å². The fourth-order valence-electron chi connectivity index (χ4n) is 4.30. The van der Waals surface area contributed by atoms with Crippen LogP contribution in [0.25, 0.3) is 11.1 Å². The molecule has 0 amide bonds. The van der Waals surface area contributed by atoms with Crippen molar-refractivity contribution in [2.45, 2.75) is 6.42 Å². The van der Waals surface area contributed by atoms with Crippen molar-refractivity contribution in [1.82, 2.24) is 25.3 Å². The smallest absolute Gasteiger partial charge is 0.229 e. The first-order chi connectivity index (χ1) is 17.7. The Labute approximate surface area is 213 Å². The van der Waals surface area contributed by atoms with Crippen LogP contribution in [-0.2, 0) is 6.42 Å². The Balaban J connectivity index is 1.34. The van der Waals surface area contributed by atoms with Gasteiger partial charge >= 0.3 is 0 Å². The van der Waals surface area contributed by atoms with Crippen LogP contribution >= 0.6 is 11.6 Å². The first kappa shape index (κ1) is 22.5. The number of rotatable bonds is 2. The van der Waals surface area contributed by atoms with Crippen molar-refractivity contribution in [3.05, 3.63) is 71.6 Å². The van der Waals surface area contributed by atoms with Crippen LogP contribution < -0.4 is 25.6 Å². The lowest BCUT2D eigenvalue weighted by molar-refractivity contribution is 0.322. The zero-order valence-corrected chi connectivity index (χ0v) is 20.3. The number of halogens is 1. The number of nitrogens with one attached hydrogen (secondary N) is 3. The molecule has 3 N–H and O–H groups in total. The maximum Gasteiger partial charge on any atom is 0.229 e. The molecular weight excluding hydrogens is 476 g/mol. The molecule has 10 heteroatoms. The predicted molar refractivity (Wildman–Crippen MR) is 142 cm³/mol. The molecule has 2 aromatic heterocycles. The van der Waals surface area contributed by atoms with Gasteiger partial charge < -0.3 is 25.6 Å². The van der Waals surface area contributed by atoms with Crippen LogP contribution in [0.15, 0.2) is 61.1 Å². The molecule has 0 atom stereocenters. The van der Waals surface area contributed by atoms with Gasteiger partial charge in [-0.2, -0.15) is 4.98 Å². The number of ether oxygens (including phenoxy) is 1. The Morgan fingerprint density at radius 1 is 0.861 bits per heavy atom. The number of benzene rings is 2. The van der Waals surface area contributed by atoms with Crippen molar-refractivity contribution in [3.8, 4) is 16.9 Å². The van der Waals surface area contributed by atoms with Gasteiger partial charge in [0.15, 0.2) is 5.82 Å². The second-order valence-electron chi connectivity index (χ2n) is 8.69. The zero-order chi connectivity index (χ0) is 24.3. The van der Waals surface area contributed by atoms with Crippen LogP contribution in [0.3, 0.4) is 0 Å². The molecule has 182 valence electrons. The molecule has 6 rings (SSSR count). The van der Waals surface area contributed by atoms with Gasteiger partial charge in [0.25, 0.3) is 0 Å². The monoisotopic (exact) mass is 500 g/mol. The summed E-state index contributed by atoms with van der Waals surface area (Å²) in [7, 11) is 0. The standard InChI is InChI=1S/C26H25ClN8O/c27-23-16-29-25-33-21-11-17(4-9-36-22-3-1-2-20(13-22)32-24(23)34-25)10-18(12-21)19-14-30-26(31-15-19)35-7-5-28-6-8-35/h1-3,10-16,28H,4-9H2,(H2,29,32,33,34). The van der Waals surface area contributed by atoms with Crippen molar-refractivity contribution in [3.63, 3.8) is 0 Å². The highest BCUT2D eigenvalue weighted by molar-refractivity contribution is 6.32. The second kappa shape index (κ2) is 9.96. The van der Waals surface area contributed by atoms with Gasteiger partial charge in [0.2, 0.25) is 11.9 Å². The molecule has 36 heavy (non-hydrogen) atoms. The van der Waals surface area contributed by atoms with Crippen molar-refractivity contribution >= 4 is 40.7 Å². The van der Waals surface area contributed by atoms with E-state index in [9.17, 15) is 0 Å². The number of piperazine rings is 1. The molecule has 1 fully saturated rings. The van der Waals surface area contributed by atoms with E-state index in [1.54, 1.807) is 6.20 Å². The van der Waals surface area contributed by atoms with Crippen LogP contribution in [0.4, 0.5) is 29.1 Å². The summed E-state index contributed by atoms with van der Waals surface area (Å²) in [6.45, 7) is 4.23. The molecular formula is C26H25ClN8O. The Morgan fingerprint density at radius 3 is 2.58 bits per heavy atom. The average molecular weight is 501 g/mol. The molecule has 0 saturated carbocycles. The first-order valence-electron chi connectivity index (χ1n) is 11.9. The lowest BCUT2D eigenvalue weighted by Gasteiger charge is -2.27. The third-order valence-electron chi connectivity index (χ3n) is 6.12. The highest BCUT2D eigenvalue weighted by Gasteiger charge is 2.14. The summed E-state index contributed by atoms with van der Waals surface area (Å²) in [6.07, 6.45) is 6.08. The number of fused-ring (bicyclic) bond motifs is 6. The van der Waals surface area contributed by atoms with Gasteiger partial charge in [-0.15, -0.1) is 0 Å². The van der Waals surface area contributed by atoms with E-state index in [4.69, 9.17) is 16.3 Å². The van der Waals surface area contributed by atoms with Gasteiger partial charge in [-0.1, -0.05) is 23.7 Å². The normalized spacial score (nSPS) is 15.2. The Morgan fingerprint density at radius 2 is 1.72 bits per heavy atom.